The molecular weight excluding hydrogens is 256 g/mol. The van der Waals surface area contributed by atoms with Crippen LogP contribution in [0.1, 0.15) is 39.0 Å². The van der Waals surface area contributed by atoms with Crippen LogP contribution in [-0.4, -0.2) is 55.9 Å². The molecule has 2 atom stereocenters. The van der Waals surface area contributed by atoms with Crippen LogP contribution in [0.2, 0.25) is 0 Å². The van der Waals surface area contributed by atoms with Crippen LogP contribution in [0.4, 0.5) is 0 Å². The highest BCUT2D eigenvalue weighted by Crippen LogP contribution is 2.28. The van der Waals surface area contributed by atoms with Crippen molar-refractivity contribution < 1.29 is 9.47 Å². The van der Waals surface area contributed by atoms with Crippen LogP contribution < -0.4 is 11.3 Å². The lowest BCUT2D eigenvalue weighted by molar-refractivity contribution is -0.0648. The zero-order valence-electron chi connectivity index (χ0n) is 12.5. The molecule has 116 valence electrons. The molecule has 1 saturated heterocycles. The Morgan fingerprint density at radius 1 is 1.45 bits per heavy atom. The van der Waals surface area contributed by atoms with E-state index in [-0.39, 0.29) is 0 Å². The number of nitrogens with zero attached hydrogens (tertiary/aromatic N) is 2. The van der Waals surface area contributed by atoms with E-state index in [9.17, 15) is 0 Å². The molecule has 1 heterocycles. The molecule has 1 saturated carbocycles. The van der Waals surface area contributed by atoms with Gasteiger partial charge in [0.1, 0.15) is 0 Å². The second kappa shape index (κ2) is 8.44. The molecule has 0 spiro atoms. The highest BCUT2D eigenvalue weighted by atomic mass is 16.5. The molecule has 0 aromatic carbocycles. The molecule has 0 amide bonds. The molecule has 2 aliphatic rings. The van der Waals surface area contributed by atoms with Crippen molar-refractivity contribution in [2.75, 3.05) is 32.9 Å². The van der Waals surface area contributed by atoms with E-state index in [1.54, 1.807) is 0 Å². The van der Waals surface area contributed by atoms with Crippen LogP contribution in [0.5, 0.6) is 0 Å². The minimum Gasteiger partial charge on any atom is -0.382 e. The number of hydrogen-bond acceptors (Lipinski definition) is 4. The van der Waals surface area contributed by atoms with Crippen LogP contribution in [0, 0.1) is 0 Å². The molecule has 0 bridgehead atoms. The Bertz CT molecular complexity index is 310. The topological polar surface area (TPSA) is 72.1 Å². The molecule has 0 aromatic heterocycles. The van der Waals surface area contributed by atoms with Crippen molar-refractivity contribution in [3.8, 4) is 0 Å². The normalized spacial score (nSPS) is 27.3. The maximum Gasteiger partial charge on any atom is 0.208 e. The molecule has 20 heavy (non-hydrogen) atoms. The first kappa shape index (κ1) is 15.5. The minimum absolute atomic E-state index is 0.347. The summed E-state index contributed by atoms with van der Waals surface area (Å²) in [7, 11) is 0. The maximum atomic E-state index is 5.88. The van der Waals surface area contributed by atoms with Crippen molar-refractivity contribution in [2.45, 2.75) is 51.2 Å². The number of hydrogen-bond donors (Lipinski definition) is 2. The summed E-state index contributed by atoms with van der Waals surface area (Å²) in [5, 5.41) is 0. The first-order valence-electron chi connectivity index (χ1n) is 7.84. The molecule has 6 heteroatoms. The van der Waals surface area contributed by atoms with Gasteiger partial charge in [-0.25, -0.2) is 5.84 Å². The van der Waals surface area contributed by atoms with Gasteiger partial charge in [-0.2, -0.15) is 0 Å². The first-order valence-corrected chi connectivity index (χ1v) is 7.84. The van der Waals surface area contributed by atoms with E-state index < -0.39 is 0 Å². The predicted octanol–water partition coefficient (Wildman–Crippen LogP) is 0.876. The standard InChI is InChI=1S/C14H28N4O2/c1-2-19-10-5-8-16-14(17-15)18-9-11-20-13-7-4-3-6-12(13)18/h12-13H,2-11,15H2,1H3,(H,16,17). The zero-order valence-corrected chi connectivity index (χ0v) is 12.5. The van der Waals surface area contributed by atoms with E-state index in [0.717, 1.165) is 51.7 Å². The van der Waals surface area contributed by atoms with E-state index >= 15 is 0 Å². The third kappa shape index (κ3) is 4.07. The average Bonchev–Trinajstić information content (AvgIpc) is 2.51. The van der Waals surface area contributed by atoms with E-state index in [1.165, 1.54) is 19.3 Å². The Hall–Kier alpha value is -0.850. The molecule has 2 unspecified atom stereocenters. The smallest absolute Gasteiger partial charge is 0.208 e. The summed E-state index contributed by atoms with van der Waals surface area (Å²) in [5.74, 6) is 6.48. The maximum absolute atomic E-state index is 5.88. The number of ether oxygens (including phenoxy) is 2. The highest BCUT2D eigenvalue weighted by Gasteiger charge is 2.35. The molecule has 1 aliphatic carbocycles. The largest absolute Gasteiger partial charge is 0.382 e. The van der Waals surface area contributed by atoms with Gasteiger partial charge in [0, 0.05) is 26.3 Å². The lowest BCUT2D eigenvalue weighted by Gasteiger charge is -2.44. The molecular formula is C14H28N4O2. The Labute approximate surface area is 121 Å². The van der Waals surface area contributed by atoms with Gasteiger partial charge >= 0.3 is 0 Å². The van der Waals surface area contributed by atoms with E-state index in [1.807, 2.05) is 6.92 Å². The van der Waals surface area contributed by atoms with Crippen molar-refractivity contribution >= 4 is 5.96 Å². The predicted molar refractivity (Wildman–Crippen MR) is 79.4 cm³/mol. The lowest BCUT2D eigenvalue weighted by Crippen LogP contribution is -2.59. The Balaban J connectivity index is 1.89. The van der Waals surface area contributed by atoms with Crippen LogP contribution in [0.3, 0.4) is 0 Å². The summed E-state index contributed by atoms with van der Waals surface area (Å²) in [6.45, 7) is 5.91. The Kier molecular flexibility index (Phi) is 6.56. The summed E-state index contributed by atoms with van der Waals surface area (Å²) in [5.41, 5.74) is 2.78. The van der Waals surface area contributed by atoms with Gasteiger partial charge in [0.2, 0.25) is 5.96 Å². The van der Waals surface area contributed by atoms with Gasteiger partial charge in [0.25, 0.3) is 0 Å². The Morgan fingerprint density at radius 3 is 3.10 bits per heavy atom. The molecule has 0 aromatic rings. The summed E-state index contributed by atoms with van der Waals surface area (Å²) in [6, 6.07) is 0.430. The zero-order chi connectivity index (χ0) is 14.2. The molecule has 6 nitrogen and oxygen atoms in total. The second-order valence-electron chi connectivity index (χ2n) is 5.35. The van der Waals surface area contributed by atoms with E-state index in [2.05, 4.69) is 15.3 Å². The summed E-state index contributed by atoms with van der Waals surface area (Å²) < 4.78 is 11.2. The summed E-state index contributed by atoms with van der Waals surface area (Å²) >= 11 is 0. The van der Waals surface area contributed by atoms with Gasteiger partial charge in [-0.1, -0.05) is 12.8 Å². The van der Waals surface area contributed by atoms with Crippen molar-refractivity contribution in [1.82, 2.24) is 10.3 Å². The van der Waals surface area contributed by atoms with Crippen molar-refractivity contribution in [3.63, 3.8) is 0 Å². The number of rotatable bonds is 5. The van der Waals surface area contributed by atoms with Gasteiger partial charge in [-0.3, -0.25) is 10.4 Å². The monoisotopic (exact) mass is 284 g/mol. The number of nitrogens with two attached hydrogens (primary N) is 1. The van der Waals surface area contributed by atoms with Crippen LogP contribution in [0.15, 0.2) is 4.99 Å². The first-order chi connectivity index (χ1) is 9.86. The van der Waals surface area contributed by atoms with Crippen LogP contribution in [0.25, 0.3) is 0 Å². The lowest BCUT2D eigenvalue weighted by atomic mass is 9.90. The van der Waals surface area contributed by atoms with Gasteiger partial charge in [0.05, 0.1) is 18.8 Å². The number of guanidine groups is 1. The molecule has 0 radical (unpaired) electrons. The third-order valence-electron chi connectivity index (χ3n) is 4.05. The number of fused-ring (bicyclic) bond motifs is 1. The fourth-order valence-corrected chi connectivity index (χ4v) is 3.07. The van der Waals surface area contributed by atoms with E-state index in [0.29, 0.717) is 12.1 Å². The number of morpholine rings is 1. The summed E-state index contributed by atoms with van der Waals surface area (Å²) in [6.07, 6.45) is 6.14. The molecule has 2 fully saturated rings. The van der Waals surface area contributed by atoms with Gasteiger partial charge in [0.15, 0.2) is 0 Å². The van der Waals surface area contributed by atoms with Gasteiger partial charge in [-0.15, -0.1) is 0 Å². The SMILES string of the molecule is CCOCCCN=C(NN)N1CCOC2CCCCC21. The fourth-order valence-electron chi connectivity index (χ4n) is 3.07. The highest BCUT2D eigenvalue weighted by molar-refractivity contribution is 5.79. The fraction of sp³-hybridized carbons (Fsp3) is 0.929. The number of aliphatic imine (C=N–C) groups is 1. The van der Waals surface area contributed by atoms with Crippen LogP contribution >= 0.6 is 0 Å². The van der Waals surface area contributed by atoms with E-state index in [4.69, 9.17) is 15.3 Å². The molecule has 1 aliphatic heterocycles. The van der Waals surface area contributed by atoms with Crippen molar-refractivity contribution in [1.29, 1.82) is 0 Å². The Morgan fingerprint density at radius 2 is 2.30 bits per heavy atom. The van der Waals surface area contributed by atoms with Crippen molar-refractivity contribution in [3.05, 3.63) is 0 Å². The molecule has 2 rings (SSSR count). The van der Waals surface area contributed by atoms with Gasteiger partial charge < -0.3 is 14.4 Å². The second-order valence-corrected chi connectivity index (χ2v) is 5.35. The molecule has 3 N–H and O–H groups in total. The minimum atomic E-state index is 0.347. The van der Waals surface area contributed by atoms with Crippen molar-refractivity contribution in [2.24, 2.45) is 10.8 Å². The van der Waals surface area contributed by atoms with Crippen LogP contribution in [-0.2, 0) is 9.47 Å². The quantitative estimate of drug-likeness (QED) is 0.258. The summed E-state index contributed by atoms with van der Waals surface area (Å²) in [4.78, 5) is 6.90. The number of nitrogens with one attached hydrogen (secondary N) is 1. The van der Waals surface area contributed by atoms with Gasteiger partial charge in [-0.05, 0) is 26.2 Å². The third-order valence-corrected chi connectivity index (χ3v) is 4.05. The number of hydrazine groups is 1. The average molecular weight is 284 g/mol.